The van der Waals surface area contributed by atoms with Crippen molar-refractivity contribution in [3.63, 3.8) is 0 Å². The van der Waals surface area contributed by atoms with E-state index in [0.717, 1.165) is 12.8 Å². The zero-order valence-corrected chi connectivity index (χ0v) is 17.8. The van der Waals surface area contributed by atoms with E-state index >= 15 is 0 Å². The highest BCUT2D eigenvalue weighted by Crippen LogP contribution is 2.23. The molecule has 1 aliphatic rings. The molecule has 2 heterocycles. The Balaban J connectivity index is 2.28. The van der Waals surface area contributed by atoms with E-state index in [0.29, 0.717) is 35.7 Å². The van der Waals surface area contributed by atoms with Crippen molar-refractivity contribution in [1.29, 1.82) is 0 Å². The predicted octanol–water partition coefficient (Wildman–Crippen LogP) is 2.66. The molecule has 0 spiro atoms. The Morgan fingerprint density at radius 3 is 2.50 bits per heavy atom. The summed E-state index contributed by atoms with van der Waals surface area (Å²) in [6.45, 7) is 10.3. The summed E-state index contributed by atoms with van der Waals surface area (Å²) >= 11 is 0. The van der Waals surface area contributed by atoms with Crippen LogP contribution in [0.25, 0.3) is 0 Å². The van der Waals surface area contributed by atoms with E-state index in [1.807, 2.05) is 13.8 Å². The van der Waals surface area contributed by atoms with Crippen LogP contribution in [-0.4, -0.2) is 59.5 Å². The average molecular weight is 392 g/mol. The largest absolute Gasteiger partial charge is 0.461 e. The SMILES string of the molecule is CCOC(=O)c1c(C)c(C(=O)CN(CC2CCCO2)C(=O)C(C)C)c(C)n1C. The van der Waals surface area contributed by atoms with Crippen LogP contribution in [0.2, 0.25) is 0 Å². The number of aromatic nitrogens is 1. The summed E-state index contributed by atoms with van der Waals surface area (Å²) in [4.78, 5) is 39.7. The first-order valence-electron chi connectivity index (χ1n) is 9.95. The molecule has 1 atom stereocenters. The van der Waals surface area contributed by atoms with Gasteiger partial charge in [-0.05, 0) is 39.2 Å². The lowest BCUT2D eigenvalue weighted by atomic mass is 10.0. The Labute approximate surface area is 167 Å². The van der Waals surface area contributed by atoms with Crippen LogP contribution in [0.3, 0.4) is 0 Å². The van der Waals surface area contributed by atoms with Crippen molar-refractivity contribution < 1.29 is 23.9 Å². The minimum atomic E-state index is -0.445. The van der Waals surface area contributed by atoms with Gasteiger partial charge in [-0.15, -0.1) is 0 Å². The van der Waals surface area contributed by atoms with Gasteiger partial charge in [0.15, 0.2) is 5.78 Å². The van der Waals surface area contributed by atoms with Gasteiger partial charge in [-0.25, -0.2) is 4.79 Å². The minimum absolute atomic E-state index is 0.0230. The molecule has 7 nitrogen and oxygen atoms in total. The molecule has 7 heteroatoms. The molecule has 0 radical (unpaired) electrons. The van der Waals surface area contributed by atoms with Crippen molar-refractivity contribution in [1.82, 2.24) is 9.47 Å². The molecule has 0 aliphatic carbocycles. The fraction of sp³-hybridized carbons (Fsp3) is 0.667. The molecule has 0 saturated carbocycles. The molecule has 1 unspecified atom stereocenters. The topological polar surface area (TPSA) is 77.8 Å². The maximum absolute atomic E-state index is 13.1. The van der Waals surface area contributed by atoms with Crippen LogP contribution in [0.4, 0.5) is 0 Å². The number of rotatable bonds is 8. The molecule has 1 fully saturated rings. The molecule has 1 saturated heterocycles. The van der Waals surface area contributed by atoms with Gasteiger partial charge in [0.2, 0.25) is 5.91 Å². The first-order valence-corrected chi connectivity index (χ1v) is 9.95. The summed E-state index contributed by atoms with van der Waals surface area (Å²) in [7, 11) is 1.74. The second kappa shape index (κ2) is 9.37. The van der Waals surface area contributed by atoms with Crippen LogP contribution in [0.5, 0.6) is 0 Å². The van der Waals surface area contributed by atoms with Gasteiger partial charge in [0, 0.05) is 37.4 Å². The number of hydrogen-bond acceptors (Lipinski definition) is 5. The average Bonchev–Trinajstić information content (AvgIpc) is 3.20. The van der Waals surface area contributed by atoms with Crippen molar-refractivity contribution in [3.05, 3.63) is 22.5 Å². The normalized spacial score (nSPS) is 16.5. The Morgan fingerprint density at radius 2 is 1.96 bits per heavy atom. The molecule has 0 aromatic carbocycles. The van der Waals surface area contributed by atoms with E-state index in [4.69, 9.17) is 9.47 Å². The first-order chi connectivity index (χ1) is 13.2. The molecule has 28 heavy (non-hydrogen) atoms. The second-order valence-corrected chi connectivity index (χ2v) is 7.65. The van der Waals surface area contributed by atoms with Gasteiger partial charge in [0.1, 0.15) is 5.69 Å². The lowest BCUT2D eigenvalue weighted by Gasteiger charge is -2.26. The van der Waals surface area contributed by atoms with Crippen LogP contribution >= 0.6 is 0 Å². The highest BCUT2D eigenvalue weighted by molar-refractivity contribution is 6.04. The molecule has 1 aromatic rings. The molecule has 0 N–H and O–H groups in total. The molecule has 1 amide bonds. The second-order valence-electron chi connectivity index (χ2n) is 7.65. The maximum atomic E-state index is 13.1. The summed E-state index contributed by atoms with van der Waals surface area (Å²) in [5.41, 5.74) is 2.15. The Bertz CT molecular complexity index is 744. The van der Waals surface area contributed by atoms with Gasteiger partial charge >= 0.3 is 5.97 Å². The maximum Gasteiger partial charge on any atom is 0.355 e. The van der Waals surface area contributed by atoms with Crippen LogP contribution in [0.1, 0.15) is 65.7 Å². The van der Waals surface area contributed by atoms with Crippen molar-refractivity contribution in [2.45, 2.75) is 53.6 Å². The Kier molecular flexibility index (Phi) is 7.41. The summed E-state index contributed by atoms with van der Waals surface area (Å²) < 4.78 is 12.5. The van der Waals surface area contributed by atoms with Crippen molar-refractivity contribution in [3.8, 4) is 0 Å². The van der Waals surface area contributed by atoms with E-state index < -0.39 is 5.97 Å². The number of nitrogens with zero attached hydrogens (tertiary/aromatic N) is 2. The number of ketones is 1. The van der Waals surface area contributed by atoms with Gasteiger partial charge in [-0.3, -0.25) is 9.59 Å². The predicted molar refractivity (Wildman–Crippen MR) is 106 cm³/mol. The Morgan fingerprint density at radius 1 is 1.29 bits per heavy atom. The van der Waals surface area contributed by atoms with Gasteiger partial charge in [0.25, 0.3) is 0 Å². The molecule has 0 bridgehead atoms. The number of Topliss-reactive ketones (excluding diaryl/α,β-unsaturated/α-hetero) is 1. The summed E-state index contributed by atoms with van der Waals surface area (Å²) in [6.07, 6.45) is 1.85. The number of hydrogen-bond donors (Lipinski definition) is 0. The van der Waals surface area contributed by atoms with E-state index in [-0.39, 0.29) is 36.9 Å². The zero-order chi connectivity index (χ0) is 21.0. The van der Waals surface area contributed by atoms with Gasteiger partial charge < -0.3 is 18.9 Å². The number of carbonyl (C=O) groups excluding carboxylic acids is 3. The monoisotopic (exact) mass is 392 g/mol. The highest BCUT2D eigenvalue weighted by atomic mass is 16.5. The number of esters is 1. The van der Waals surface area contributed by atoms with Crippen LogP contribution in [0, 0.1) is 19.8 Å². The number of amides is 1. The van der Waals surface area contributed by atoms with Crippen molar-refractivity contribution in [2.24, 2.45) is 13.0 Å². The summed E-state index contributed by atoms with van der Waals surface area (Å²) in [5, 5.41) is 0. The minimum Gasteiger partial charge on any atom is -0.461 e. The Hall–Kier alpha value is -2.15. The lowest BCUT2D eigenvalue weighted by molar-refractivity contribution is -0.135. The molecular formula is C21H32N2O5. The molecular weight excluding hydrogens is 360 g/mol. The summed E-state index contributed by atoms with van der Waals surface area (Å²) in [6, 6.07) is 0. The van der Waals surface area contributed by atoms with Gasteiger partial charge in [-0.2, -0.15) is 0 Å². The van der Waals surface area contributed by atoms with Crippen LogP contribution < -0.4 is 0 Å². The third-order valence-corrected chi connectivity index (χ3v) is 5.27. The quantitative estimate of drug-likeness (QED) is 0.502. The lowest BCUT2D eigenvalue weighted by Crippen LogP contribution is -2.42. The molecule has 1 aromatic heterocycles. The fourth-order valence-electron chi connectivity index (χ4n) is 3.76. The van der Waals surface area contributed by atoms with E-state index in [1.165, 1.54) is 0 Å². The van der Waals surface area contributed by atoms with Gasteiger partial charge in [0.05, 0.1) is 19.3 Å². The third-order valence-electron chi connectivity index (χ3n) is 5.27. The molecule has 1 aliphatic heterocycles. The fourth-order valence-corrected chi connectivity index (χ4v) is 3.76. The van der Waals surface area contributed by atoms with Gasteiger partial charge in [-0.1, -0.05) is 13.8 Å². The molecule has 156 valence electrons. The standard InChI is InChI=1S/C21H32N2O5/c1-7-27-21(26)19-14(4)18(15(5)22(19)6)17(24)12-23(20(25)13(2)3)11-16-9-8-10-28-16/h13,16H,7-12H2,1-6H3. The first kappa shape index (κ1) is 22.1. The molecule has 2 rings (SSSR count). The van der Waals surface area contributed by atoms with E-state index in [1.54, 1.807) is 37.3 Å². The van der Waals surface area contributed by atoms with Crippen LogP contribution in [-0.2, 0) is 21.3 Å². The van der Waals surface area contributed by atoms with Crippen LogP contribution in [0.15, 0.2) is 0 Å². The van der Waals surface area contributed by atoms with E-state index in [2.05, 4.69) is 0 Å². The highest BCUT2D eigenvalue weighted by Gasteiger charge is 2.30. The van der Waals surface area contributed by atoms with E-state index in [9.17, 15) is 14.4 Å². The van der Waals surface area contributed by atoms with Crippen molar-refractivity contribution in [2.75, 3.05) is 26.3 Å². The summed E-state index contributed by atoms with van der Waals surface area (Å²) in [5.74, 6) is -0.893. The van der Waals surface area contributed by atoms with Crippen molar-refractivity contribution >= 4 is 17.7 Å². The zero-order valence-electron chi connectivity index (χ0n) is 17.8. The number of carbonyl (C=O) groups is 3. The number of ether oxygens (including phenoxy) is 2. The smallest absolute Gasteiger partial charge is 0.355 e. The third kappa shape index (κ3) is 4.63.